The molecule has 1 aromatic rings. The van der Waals surface area contributed by atoms with E-state index in [1.54, 1.807) is 37.3 Å². The molecule has 86 valence electrons. The van der Waals surface area contributed by atoms with Crippen LogP contribution in [-0.4, -0.2) is 28.2 Å². The third-order valence-electron chi connectivity index (χ3n) is 1.72. The van der Waals surface area contributed by atoms with E-state index in [-0.39, 0.29) is 5.75 Å². The van der Waals surface area contributed by atoms with Crippen LogP contribution >= 0.6 is 11.8 Å². The van der Waals surface area contributed by atoms with E-state index in [0.29, 0.717) is 5.56 Å². The summed E-state index contributed by atoms with van der Waals surface area (Å²) < 4.78 is 5.05. The van der Waals surface area contributed by atoms with Gasteiger partial charge < -0.3 is 9.84 Å². The van der Waals surface area contributed by atoms with E-state index in [2.05, 4.69) is 0 Å². The highest BCUT2D eigenvalue weighted by molar-refractivity contribution is 8.00. The lowest BCUT2D eigenvalue weighted by atomic mass is 10.2. The molecule has 0 spiro atoms. The van der Waals surface area contributed by atoms with Crippen molar-refractivity contribution in [1.82, 2.24) is 0 Å². The minimum atomic E-state index is -0.924. The largest absolute Gasteiger partial charge is 0.481 e. The lowest BCUT2D eigenvalue weighted by Crippen LogP contribution is -2.14. The van der Waals surface area contributed by atoms with Crippen molar-refractivity contribution < 1.29 is 19.4 Å². The highest BCUT2D eigenvalue weighted by Crippen LogP contribution is 2.13. The lowest BCUT2D eigenvalue weighted by molar-refractivity contribution is -0.133. The second-order valence-corrected chi connectivity index (χ2v) is 4.33. The smallest absolute Gasteiger partial charge is 0.339 e. The fourth-order valence-electron chi connectivity index (χ4n) is 1.02. The Morgan fingerprint density at radius 2 is 2.00 bits per heavy atom. The lowest BCUT2D eigenvalue weighted by Gasteiger charge is -2.11. The molecular formula is C11H12O4S. The summed E-state index contributed by atoms with van der Waals surface area (Å²) in [6, 6.07) is 8.59. The fourth-order valence-corrected chi connectivity index (χ4v) is 1.55. The molecule has 1 atom stereocenters. The van der Waals surface area contributed by atoms with E-state index >= 15 is 0 Å². The van der Waals surface area contributed by atoms with Crippen LogP contribution in [0.3, 0.4) is 0 Å². The van der Waals surface area contributed by atoms with Gasteiger partial charge in [-0.3, -0.25) is 4.79 Å². The molecule has 0 aromatic heterocycles. The first kappa shape index (κ1) is 12.6. The molecule has 4 nitrogen and oxygen atoms in total. The summed E-state index contributed by atoms with van der Waals surface area (Å²) in [7, 11) is 0. The molecule has 0 fully saturated rings. The Hall–Kier alpha value is -1.49. The summed E-state index contributed by atoms with van der Waals surface area (Å²) in [5, 5.41) is 8.45. The number of esters is 1. The average molecular weight is 240 g/mol. The summed E-state index contributed by atoms with van der Waals surface area (Å²) >= 11 is 1.06. The van der Waals surface area contributed by atoms with Crippen molar-refractivity contribution >= 4 is 23.7 Å². The number of hydrogen-bond donors (Lipinski definition) is 1. The maximum Gasteiger partial charge on any atom is 0.339 e. The van der Waals surface area contributed by atoms with Gasteiger partial charge >= 0.3 is 11.9 Å². The van der Waals surface area contributed by atoms with Crippen molar-refractivity contribution in [3.8, 4) is 0 Å². The molecule has 1 unspecified atom stereocenters. The highest BCUT2D eigenvalue weighted by Gasteiger charge is 2.12. The molecule has 1 N–H and O–H groups in total. The molecule has 5 heteroatoms. The van der Waals surface area contributed by atoms with Gasteiger partial charge in [0.25, 0.3) is 0 Å². The van der Waals surface area contributed by atoms with Gasteiger partial charge in [-0.1, -0.05) is 18.2 Å². The number of rotatable bonds is 5. The monoisotopic (exact) mass is 240 g/mol. The topological polar surface area (TPSA) is 63.6 Å². The third-order valence-corrected chi connectivity index (χ3v) is 2.70. The van der Waals surface area contributed by atoms with Crippen molar-refractivity contribution in [3.63, 3.8) is 0 Å². The van der Waals surface area contributed by atoms with Crippen LogP contribution < -0.4 is 0 Å². The number of aliphatic carboxylic acids is 1. The molecule has 0 bridgehead atoms. The van der Waals surface area contributed by atoms with Crippen LogP contribution in [0.25, 0.3) is 0 Å². The number of benzene rings is 1. The Bertz CT molecular complexity index is 364. The van der Waals surface area contributed by atoms with Crippen LogP contribution in [0.2, 0.25) is 0 Å². The zero-order valence-corrected chi connectivity index (χ0v) is 9.57. The van der Waals surface area contributed by atoms with Gasteiger partial charge in [-0.15, -0.1) is 11.8 Å². The van der Waals surface area contributed by atoms with Gasteiger partial charge in [0.2, 0.25) is 0 Å². The summed E-state index contributed by atoms with van der Waals surface area (Å²) in [5.74, 6) is -1.44. The van der Waals surface area contributed by atoms with E-state index in [0.717, 1.165) is 11.8 Å². The number of carboxylic acid groups (broad SMARTS) is 1. The Morgan fingerprint density at radius 1 is 1.38 bits per heavy atom. The van der Waals surface area contributed by atoms with Gasteiger partial charge in [0.15, 0.2) is 0 Å². The van der Waals surface area contributed by atoms with Crippen molar-refractivity contribution in [2.75, 3.05) is 5.75 Å². The SMILES string of the molecule is CC(OC(=O)c1ccccc1)SCC(=O)O. The first-order valence-electron chi connectivity index (χ1n) is 4.69. The van der Waals surface area contributed by atoms with Gasteiger partial charge in [0.05, 0.1) is 11.3 Å². The molecule has 16 heavy (non-hydrogen) atoms. The van der Waals surface area contributed by atoms with E-state index < -0.39 is 17.4 Å². The van der Waals surface area contributed by atoms with Gasteiger partial charge in [0, 0.05) is 0 Å². The van der Waals surface area contributed by atoms with Crippen molar-refractivity contribution in [2.24, 2.45) is 0 Å². The van der Waals surface area contributed by atoms with Gasteiger partial charge in [0.1, 0.15) is 5.44 Å². The van der Waals surface area contributed by atoms with E-state index in [9.17, 15) is 9.59 Å². The molecule has 1 aromatic carbocycles. The number of thioether (sulfide) groups is 1. The van der Waals surface area contributed by atoms with Crippen LogP contribution in [0, 0.1) is 0 Å². The summed E-state index contributed by atoms with van der Waals surface area (Å²) in [5.41, 5.74) is -0.00548. The van der Waals surface area contributed by atoms with Crippen LogP contribution in [-0.2, 0) is 9.53 Å². The highest BCUT2D eigenvalue weighted by atomic mass is 32.2. The minimum absolute atomic E-state index is 0.0801. The predicted octanol–water partition coefficient (Wildman–Crippen LogP) is 2.01. The Kier molecular flexibility index (Phi) is 4.85. The van der Waals surface area contributed by atoms with Crippen LogP contribution in [0.5, 0.6) is 0 Å². The third kappa shape index (κ3) is 4.35. The second-order valence-electron chi connectivity index (χ2n) is 3.04. The van der Waals surface area contributed by atoms with E-state index in [1.807, 2.05) is 0 Å². The standard InChI is InChI=1S/C11H12O4S/c1-8(16-7-10(12)13)15-11(14)9-5-3-2-4-6-9/h2-6,8H,7H2,1H3,(H,12,13). The quantitative estimate of drug-likeness (QED) is 0.630. The molecule has 0 saturated heterocycles. The maximum absolute atomic E-state index is 11.5. The normalized spacial score (nSPS) is 11.8. The first-order valence-corrected chi connectivity index (χ1v) is 5.74. The van der Waals surface area contributed by atoms with Crippen molar-refractivity contribution in [3.05, 3.63) is 35.9 Å². The zero-order valence-electron chi connectivity index (χ0n) is 8.75. The summed E-state index contributed by atoms with van der Waals surface area (Å²) in [6.45, 7) is 1.65. The molecule has 0 aliphatic heterocycles. The Balaban J connectivity index is 2.43. The van der Waals surface area contributed by atoms with Crippen LogP contribution in [0.4, 0.5) is 0 Å². The molecule has 0 saturated carbocycles. The second kappa shape index (κ2) is 6.17. The van der Waals surface area contributed by atoms with Crippen molar-refractivity contribution in [1.29, 1.82) is 0 Å². The maximum atomic E-state index is 11.5. The Morgan fingerprint density at radius 3 is 2.56 bits per heavy atom. The number of ether oxygens (including phenoxy) is 1. The van der Waals surface area contributed by atoms with Crippen molar-refractivity contribution in [2.45, 2.75) is 12.4 Å². The van der Waals surface area contributed by atoms with Crippen LogP contribution in [0.15, 0.2) is 30.3 Å². The zero-order chi connectivity index (χ0) is 12.0. The average Bonchev–Trinajstić information content (AvgIpc) is 2.27. The molecule has 0 aliphatic carbocycles. The number of carboxylic acids is 1. The van der Waals surface area contributed by atoms with Crippen LogP contribution in [0.1, 0.15) is 17.3 Å². The fraction of sp³-hybridized carbons (Fsp3) is 0.273. The Labute approximate surface area is 97.6 Å². The molecule has 0 radical (unpaired) electrons. The van der Waals surface area contributed by atoms with Gasteiger partial charge in [-0.2, -0.15) is 0 Å². The molecule has 0 amide bonds. The van der Waals surface area contributed by atoms with Gasteiger partial charge in [-0.25, -0.2) is 4.79 Å². The molecular weight excluding hydrogens is 228 g/mol. The summed E-state index contributed by atoms with van der Waals surface area (Å²) in [4.78, 5) is 21.8. The molecule has 1 rings (SSSR count). The van der Waals surface area contributed by atoms with E-state index in [4.69, 9.17) is 9.84 Å². The molecule has 0 aliphatic rings. The predicted molar refractivity (Wildman–Crippen MR) is 61.4 cm³/mol. The number of carbonyl (C=O) groups excluding carboxylic acids is 1. The van der Waals surface area contributed by atoms with E-state index in [1.165, 1.54) is 0 Å². The summed E-state index contributed by atoms with van der Waals surface area (Å²) in [6.07, 6.45) is 0. The van der Waals surface area contributed by atoms with Gasteiger partial charge in [-0.05, 0) is 19.1 Å². The molecule has 0 heterocycles. The number of hydrogen-bond acceptors (Lipinski definition) is 4. The number of carbonyl (C=O) groups is 2. The minimum Gasteiger partial charge on any atom is -0.481 e. The first-order chi connectivity index (χ1) is 7.59.